The molecular formula is C10H18N2O4. The fourth-order valence-corrected chi connectivity index (χ4v) is 1.56. The Morgan fingerprint density at radius 2 is 2.06 bits per heavy atom. The SMILES string of the molecule is O=C(O)CCNC(=O)NCCC1CCCO1. The quantitative estimate of drug-likeness (QED) is 0.613. The number of rotatable bonds is 6. The highest BCUT2D eigenvalue weighted by molar-refractivity contribution is 5.74. The molecule has 3 N–H and O–H groups in total. The van der Waals surface area contributed by atoms with Crippen molar-refractivity contribution in [2.24, 2.45) is 0 Å². The number of carbonyl (C=O) groups excluding carboxylic acids is 1. The maximum atomic E-state index is 11.1. The van der Waals surface area contributed by atoms with Crippen molar-refractivity contribution in [1.29, 1.82) is 0 Å². The maximum absolute atomic E-state index is 11.1. The zero-order valence-electron chi connectivity index (χ0n) is 9.20. The van der Waals surface area contributed by atoms with Crippen LogP contribution in [0.5, 0.6) is 0 Å². The van der Waals surface area contributed by atoms with Crippen molar-refractivity contribution in [3.05, 3.63) is 0 Å². The molecule has 0 spiro atoms. The van der Waals surface area contributed by atoms with E-state index < -0.39 is 5.97 Å². The van der Waals surface area contributed by atoms with Gasteiger partial charge in [-0.1, -0.05) is 0 Å². The lowest BCUT2D eigenvalue weighted by atomic mass is 10.2. The molecule has 0 bridgehead atoms. The number of hydrogen-bond acceptors (Lipinski definition) is 3. The van der Waals surface area contributed by atoms with Gasteiger partial charge in [-0.25, -0.2) is 4.79 Å². The van der Waals surface area contributed by atoms with Gasteiger partial charge in [-0.15, -0.1) is 0 Å². The molecule has 0 saturated carbocycles. The standard InChI is InChI=1S/C10H18N2O4/c13-9(14)4-6-12-10(15)11-5-3-8-2-1-7-16-8/h8H,1-7H2,(H,13,14)(H2,11,12,15). The van der Waals surface area contributed by atoms with E-state index in [1.165, 1.54) is 0 Å². The number of aliphatic carboxylic acids is 1. The highest BCUT2D eigenvalue weighted by atomic mass is 16.5. The second-order valence-electron chi connectivity index (χ2n) is 3.75. The van der Waals surface area contributed by atoms with Crippen molar-refractivity contribution in [3.63, 3.8) is 0 Å². The van der Waals surface area contributed by atoms with Crippen LogP contribution in [-0.2, 0) is 9.53 Å². The summed E-state index contributed by atoms with van der Waals surface area (Å²) in [6, 6.07) is -0.320. The summed E-state index contributed by atoms with van der Waals surface area (Å²) in [5, 5.41) is 13.5. The summed E-state index contributed by atoms with van der Waals surface area (Å²) in [5.74, 6) is -0.917. The van der Waals surface area contributed by atoms with E-state index in [-0.39, 0.29) is 25.1 Å². The highest BCUT2D eigenvalue weighted by Gasteiger charge is 2.14. The van der Waals surface area contributed by atoms with E-state index in [1.807, 2.05) is 0 Å². The molecule has 16 heavy (non-hydrogen) atoms. The normalized spacial score (nSPS) is 19.4. The summed E-state index contributed by atoms with van der Waals surface area (Å²) in [6.45, 7) is 1.53. The van der Waals surface area contributed by atoms with E-state index in [0.29, 0.717) is 6.54 Å². The predicted octanol–water partition coefficient (Wildman–Crippen LogP) is 0.329. The Kier molecular flexibility index (Phi) is 5.63. The van der Waals surface area contributed by atoms with Crippen LogP contribution in [0.1, 0.15) is 25.7 Å². The monoisotopic (exact) mass is 230 g/mol. The molecule has 1 aliphatic heterocycles. The van der Waals surface area contributed by atoms with E-state index in [4.69, 9.17) is 9.84 Å². The molecule has 1 aliphatic rings. The number of carbonyl (C=O) groups is 2. The summed E-state index contributed by atoms with van der Waals surface area (Å²) in [7, 11) is 0. The van der Waals surface area contributed by atoms with Gasteiger partial charge in [-0.3, -0.25) is 4.79 Å². The first-order valence-corrected chi connectivity index (χ1v) is 5.53. The third-order valence-corrected chi connectivity index (χ3v) is 2.40. The lowest BCUT2D eigenvalue weighted by Crippen LogP contribution is -2.37. The maximum Gasteiger partial charge on any atom is 0.314 e. The van der Waals surface area contributed by atoms with Gasteiger partial charge < -0.3 is 20.5 Å². The molecule has 92 valence electrons. The van der Waals surface area contributed by atoms with E-state index in [2.05, 4.69) is 10.6 Å². The summed E-state index contributed by atoms with van der Waals surface area (Å²) in [6.07, 6.45) is 3.17. The van der Waals surface area contributed by atoms with Crippen LogP contribution in [0, 0.1) is 0 Å². The van der Waals surface area contributed by atoms with Crippen molar-refractivity contribution in [2.45, 2.75) is 31.8 Å². The fourth-order valence-electron chi connectivity index (χ4n) is 1.56. The van der Waals surface area contributed by atoms with E-state index >= 15 is 0 Å². The van der Waals surface area contributed by atoms with Crippen LogP contribution in [0.3, 0.4) is 0 Å². The van der Waals surface area contributed by atoms with Crippen LogP contribution in [0.4, 0.5) is 4.79 Å². The van der Waals surface area contributed by atoms with Crippen molar-refractivity contribution >= 4 is 12.0 Å². The Morgan fingerprint density at radius 3 is 2.69 bits per heavy atom. The third kappa shape index (κ3) is 5.55. The van der Waals surface area contributed by atoms with Gasteiger partial charge in [0.15, 0.2) is 0 Å². The van der Waals surface area contributed by atoms with Crippen molar-refractivity contribution in [3.8, 4) is 0 Å². The number of nitrogens with one attached hydrogen (secondary N) is 2. The molecule has 1 rings (SSSR count). The molecule has 0 aromatic rings. The molecule has 1 saturated heterocycles. The van der Waals surface area contributed by atoms with Crippen LogP contribution in [0.15, 0.2) is 0 Å². The number of carboxylic acids is 1. The van der Waals surface area contributed by atoms with Crippen molar-refractivity contribution in [2.75, 3.05) is 19.7 Å². The van der Waals surface area contributed by atoms with Gasteiger partial charge in [0.2, 0.25) is 0 Å². The van der Waals surface area contributed by atoms with Crippen LogP contribution >= 0.6 is 0 Å². The number of ether oxygens (including phenoxy) is 1. The zero-order valence-corrected chi connectivity index (χ0v) is 9.20. The van der Waals surface area contributed by atoms with Crippen LogP contribution in [0.2, 0.25) is 0 Å². The minimum absolute atomic E-state index is 0.0564. The second kappa shape index (κ2) is 7.05. The van der Waals surface area contributed by atoms with E-state index in [1.54, 1.807) is 0 Å². The molecule has 0 radical (unpaired) electrons. The lowest BCUT2D eigenvalue weighted by Gasteiger charge is -2.10. The summed E-state index contributed by atoms with van der Waals surface area (Å²) in [5.41, 5.74) is 0. The van der Waals surface area contributed by atoms with Crippen LogP contribution in [0.25, 0.3) is 0 Å². The molecule has 2 amide bonds. The summed E-state index contributed by atoms with van der Waals surface area (Å²) >= 11 is 0. The first-order chi connectivity index (χ1) is 7.68. The van der Waals surface area contributed by atoms with Gasteiger partial charge >= 0.3 is 12.0 Å². The second-order valence-corrected chi connectivity index (χ2v) is 3.75. The predicted molar refractivity (Wildman–Crippen MR) is 57.2 cm³/mol. The first kappa shape index (κ1) is 12.8. The molecule has 1 atom stereocenters. The van der Waals surface area contributed by atoms with E-state index in [9.17, 15) is 9.59 Å². The third-order valence-electron chi connectivity index (χ3n) is 2.40. The lowest BCUT2D eigenvalue weighted by molar-refractivity contribution is -0.136. The Labute approximate surface area is 94.3 Å². The van der Waals surface area contributed by atoms with Crippen LogP contribution in [-0.4, -0.2) is 42.9 Å². The topological polar surface area (TPSA) is 87.7 Å². The highest BCUT2D eigenvalue weighted by Crippen LogP contribution is 2.14. The molecule has 6 nitrogen and oxygen atoms in total. The Bertz CT molecular complexity index is 239. The molecule has 1 fully saturated rings. The number of amides is 2. The Hall–Kier alpha value is -1.30. The Balaban J connectivity index is 1.95. The van der Waals surface area contributed by atoms with Crippen molar-refractivity contribution in [1.82, 2.24) is 10.6 Å². The Morgan fingerprint density at radius 1 is 1.31 bits per heavy atom. The van der Waals surface area contributed by atoms with Gasteiger partial charge in [0.05, 0.1) is 12.5 Å². The molecule has 0 aliphatic carbocycles. The van der Waals surface area contributed by atoms with Gasteiger partial charge in [0.25, 0.3) is 0 Å². The van der Waals surface area contributed by atoms with Gasteiger partial charge in [0, 0.05) is 19.7 Å². The molecule has 0 aromatic heterocycles. The average molecular weight is 230 g/mol. The zero-order chi connectivity index (χ0) is 11.8. The minimum atomic E-state index is -0.917. The minimum Gasteiger partial charge on any atom is -0.481 e. The number of urea groups is 1. The van der Waals surface area contributed by atoms with Gasteiger partial charge in [-0.05, 0) is 19.3 Å². The summed E-state index contributed by atoms with van der Waals surface area (Å²) in [4.78, 5) is 21.3. The van der Waals surface area contributed by atoms with Gasteiger partial charge in [0.1, 0.15) is 0 Å². The molecule has 1 unspecified atom stereocenters. The molecule has 1 heterocycles. The first-order valence-electron chi connectivity index (χ1n) is 5.53. The smallest absolute Gasteiger partial charge is 0.314 e. The average Bonchev–Trinajstić information content (AvgIpc) is 2.70. The van der Waals surface area contributed by atoms with Gasteiger partial charge in [-0.2, -0.15) is 0 Å². The summed E-state index contributed by atoms with van der Waals surface area (Å²) < 4.78 is 5.40. The molecule has 0 aromatic carbocycles. The van der Waals surface area contributed by atoms with Crippen molar-refractivity contribution < 1.29 is 19.4 Å². The fraction of sp³-hybridized carbons (Fsp3) is 0.800. The number of hydrogen-bond donors (Lipinski definition) is 3. The van der Waals surface area contributed by atoms with E-state index in [0.717, 1.165) is 25.9 Å². The molecular weight excluding hydrogens is 212 g/mol. The largest absolute Gasteiger partial charge is 0.481 e. The number of carboxylic acid groups (broad SMARTS) is 1. The molecule has 6 heteroatoms. The van der Waals surface area contributed by atoms with Crippen LogP contribution < -0.4 is 10.6 Å².